The summed E-state index contributed by atoms with van der Waals surface area (Å²) in [6.45, 7) is 1.84. The first kappa shape index (κ1) is 11.8. The monoisotopic (exact) mass is 321 g/mol. The third-order valence-corrected chi connectivity index (χ3v) is 3.62. The molecule has 4 N–H and O–H groups in total. The number of fused-ring (bicyclic) bond motifs is 2. The molecule has 0 bridgehead atoms. The molecule has 3 aromatic rings. The minimum Gasteiger partial charge on any atom is -0.398 e. The predicted molar refractivity (Wildman–Crippen MR) is 75.1 cm³/mol. The van der Waals surface area contributed by atoms with Gasteiger partial charge in [0.2, 0.25) is 0 Å². The van der Waals surface area contributed by atoms with Gasteiger partial charge in [0.15, 0.2) is 11.2 Å². The Bertz CT molecular complexity index is 944. The van der Waals surface area contributed by atoms with Crippen molar-refractivity contribution in [3.8, 4) is 0 Å². The molecule has 0 saturated carbocycles. The first-order chi connectivity index (χ1) is 8.97. The van der Waals surface area contributed by atoms with E-state index >= 15 is 0 Å². The summed E-state index contributed by atoms with van der Waals surface area (Å²) < 4.78 is 0.595. The van der Waals surface area contributed by atoms with Gasteiger partial charge in [0, 0.05) is 0 Å². The van der Waals surface area contributed by atoms with E-state index in [-0.39, 0.29) is 11.2 Å². The molecule has 0 unspecified atom stereocenters. The number of hydrogen-bond donors (Lipinski definition) is 3. The zero-order valence-corrected chi connectivity index (χ0v) is 11.3. The molecule has 0 spiro atoms. The number of halogens is 1. The Kier molecular flexibility index (Phi) is 2.42. The van der Waals surface area contributed by atoms with Gasteiger partial charge in [0.05, 0.1) is 15.7 Å². The van der Waals surface area contributed by atoms with E-state index in [1.807, 2.05) is 6.92 Å². The van der Waals surface area contributed by atoms with Crippen LogP contribution in [-0.4, -0.2) is 19.9 Å². The third-order valence-electron chi connectivity index (χ3n) is 2.82. The quantitative estimate of drug-likeness (QED) is 0.418. The summed E-state index contributed by atoms with van der Waals surface area (Å²) >= 11 is 3.35. The van der Waals surface area contributed by atoms with E-state index in [0.717, 1.165) is 5.56 Å². The van der Waals surface area contributed by atoms with Crippen LogP contribution in [-0.2, 0) is 0 Å². The minimum atomic E-state index is -0.623. The lowest BCUT2D eigenvalue weighted by Gasteiger charge is -2.07. The van der Waals surface area contributed by atoms with Crippen LogP contribution in [0.4, 0.5) is 5.69 Å². The van der Waals surface area contributed by atoms with E-state index in [0.29, 0.717) is 21.2 Å². The number of aryl methyl sites for hydroxylation is 1. The first-order valence-corrected chi connectivity index (χ1v) is 6.15. The van der Waals surface area contributed by atoms with Crippen molar-refractivity contribution >= 4 is 43.8 Å². The Balaban J connectivity index is 2.60. The van der Waals surface area contributed by atoms with Gasteiger partial charge in [-0.1, -0.05) is 0 Å². The van der Waals surface area contributed by atoms with E-state index in [2.05, 4.69) is 35.9 Å². The molecule has 0 radical (unpaired) electrons. The number of nitrogens with one attached hydrogen (secondary N) is 2. The molecule has 0 aliphatic heterocycles. The number of anilines is 1. The average Bonchev–Trinajstić information content (AvgIpc) is 2.35. The molecule has 7 nitrogen and oxygen atoms in total. The van der Waals surface area contributed by atoms with Gasteiger partial charge in [-0.15, -0.1) is 0 Å². The van der Waals surface area contributed by atoms with Crippen LogP contribution in [0.2, 0.25) is 0 Å². The SMILES string of the molecule is Cc1cc2nc3c(=O)[nH]c(=O)[nH]c3nc2c(Br)c1N. The van der Waals surface area contributed by atoms with Crippen molar-refractivity contribution in [1.29, 1.82) is 0 Å². The number of H-pyrrole nitrogens is 2. The lowest BCUT2D eigenvalue weighted by atomic mass is 10.1. The normalized spacial score (nSPS) is 11.3. The van der Waals surface area contributed by atoms with E-state index < -0.39 is 11.2 Å². The summed E-state index contributed by atoms with van der Waals surface area (Å²) in [5.74, 6) is 0. The minimum absolute atomic E-state index is 0.0863. The number of rotatable bonds is 0. The molecule has 0 amide bonds. The van der Waals surface area contributed by atoms with Crippen molar-refractivity contribution in [2.45, 2.75) is 6.92 Å². The Morgan fingerprint density at radius 1 is 1.21 bits per heavy atom. The van der Waals surface area contributed by atoms with Crippen molar-refractivity contribution in [2.24, 2.45) is 0 Å². The zero-order chi connectivity index (χ0) is 13.7. The molecule has 19 heavy (non-hydrogen) atoms. The average molecular weight is 322 g/mol. The lowest BCUT2D eigenvalue weighted by Crippen LogP contribution is -2.23. The maximum atomic E-state index is 11.7. The van der Waals surface area contributed by atoms with Crippen LogP contribution in [0.25, 0.3) is 22.2 Å². The van der Waals surface area contributed by atoms with E-state index in [1.54, 1.807) is 6.07 Å². The van der Waals surface area contributed by atoms with Crippen LogP contribution < -0.4 is 17.0 Å². The van der Waals surface area contributed by atoms with Gasteiger partial charge in [-0.25, -0.2) is 14.8 Å². The highest BCUT2D eigenvalue weighted by molar-refractivity contribution is 9.10. The summed E-state index contributed by atoms with van der Waals surface area (Å²) in [5, 5.41) is 0. The molecular formula is C11H8BrN5O2. The fourth-order valence-electron chi connectivity index (χ4n) is 1.84. The highest BCUT2D eigenvalue weighted by Gasteiger charge is 2.12. The van der Waals surface area contributed by atoms with Gasteiger partial charge in [0.25, 0.3) is 5.56 Å². The van der Waals surface area contributed by atoms with Crippen molar-refractivity contribution < 1.29 is 0 Å². The smallest absolute Gasteiger partial charge is 0.327 e. The molecule has 0 atom stereocenters. The first-order valence-electron chi connectivity index (χ1n) is 5.36. The fraction of sp³-hybridized carbons (Fsp3) is 0.0909. The van der Waals surface area contributed by atoms with E-state index in [1.165, 1.54) is 0 Å². The number of benzene rings is 1. The summed E-state index contributed by atoms with van der Waals surface area (Å²) in [4.78, 5) is 35.9. The number of aromatic nitrogens is 4. The molecule has 2 heterocycles. The number of nitrogens with zero attached hydrogens (tertiary/aromatic N) is 2. The number of hydrogen-bond acceptors (Lipinski definition) is 5. The summed E-state index contributed by atoms with van der Waals surface area (Å²) in [6, 6.07) is 1.74. The molecule has 2 aromatic heterocycles. The van der Waals surface area contributed by atoms with Gasteiger partial charge < -0.3 is 5.73 Å². The molecule has 0 aliphatic carbocycles. The third kappa shape index (κ3) is 1.72. The Hall–Kier alpha value is -2.22. The Morgan fingerprint density at radius 3 is 2.68 bits per heavy atom. The van der Waals surface area contributed by atoms with Gasteiger partial charge in [-0.3, -0.25) is 14.8 Å². The molecule has 96 valence electrons. The van der Waals surface area contributed by atoms with Crippen molar-refractivity contribution in [3.63, 3.8) is 0 Å². The molecule has 8 heteroatoms. The largest absolute Gasteiger partial charge is 0.398 e. The summed E-state index contributed by atoms with van der Waals surface area (Å²) in [5.41, 5.74) is 7.33. The van der Waals surface area contributed by atoms with Crippen molar-refractivity contribution in [2.75, 3.05) is 5.73 Å². The standard InChI is InChI=1S/C11H8BrN5O2/c1-3-2-4-7(5(12)6(3)13)15-9-8(14-4)10(18)17-11(19)16-9/h2H,13H2,1H3,(H2,15,16,17,18,19). The highest BCUT2D eigenvalue weighted by atomic mass is 79.9. The molecular weight excluding hydrogens is 314 g/mol. The van der Waals surface area contributed by atoms with Gasteiger partial charge in [0.1, 0.15) is 5.52 Å². The van der Waals surface area contributed by atoms with Gasteiger partial charge >= 0.3 is 5.69 Å². The van der Waals surface area contributed by atoms with E-state index in [4.69, 9.17) is 5.73 Å². The maximum absolute atomic E-state index is 11.7. The second kappa shape index (κ2) is 3.89. The molecule has 3 rings (SSSR count). The lowest BCUT2D eigenvalue weighted by molar-refractivity contribution is 1.05. The molecule has 0 aliphatic rings. The van der Waals surface area contributed by atoms with Crippen LogP contribution >= 0.6 is 15.9 Å². The zero-order valence-electron chi connectivity index (χ0n) is 9.74. The second-order valence-electron chi connectivity index (χ2n) is 4.12. The van der Waals surface area contributed by atoms with Crippen molar-refractivity contribution in [3.05, 3.63) is 36.9 Å². The van der Waals surface area contributed by atoms with Crippen LogP contribution in [0.1, 0.15) is 5.56 Å². The fourth-order valence-corrected chi connectivity index (χ4v) is 2.45. The van der Waals surface area contributed by atoms with Crippen LogP contribution in [0, 0.1) is 6.92 Å². The van der Waals surface area contributed by atoms with Crippen LogP contribution in [0.3, 0.4) is 0 Å². The number of aromatic amines is 2. The molecule has 0 fully saturated rings. The second-order valence-corrected chi connectivity index (χ2v) is 4.91. The van der Waals surface area contributed by atoms with Crippen LogP contribution in [0.15, 0.2) is 20.1 Å². The van der Waals surface area contributed by atoms with E-state index in [9.17, 15) is 9.59 Å². The summed E-state index contributed by atoms with van der Waals surface area (Å²) in [7, 11) is 0. The van der Waals surface area contributed by atoms with Gasteiger partial charge in [-0.2, -0.15) is 0 Å². The highest BCUT2D eigenvalue weighted by Crippen LogP contribution is 2.30. The number of nitrogen functional groups attached to an aromatic ring is 1. The maximum Gasteiger partial charge on any atom is 0.327 e. The Labute approximate surface area is 114 Å². The molecule has 1 aromatic carbocycles. The summed E-state index contributed by atoms with van der Waals surface area (Å²) in [6.07, 6.45) is 0. The Morgan fingerprint density at radius 2 is 1.95 bits per heavy atom. The number of nitrogens with two attached hydrogens (primary N) is 1. The predicted octanol–water partition coefficient (Wildman–Crippen LogP) is 0.813. The molecule has 0 saturated heterocycles. The topological polar surface area (TPSA) is 118 Å². The van der Waals surface area contributed by atoms with Crippen LogP contribution in [0.5, 0.6) is 0 Å². The van der Waals surface area contributed by atoms with Crippen molar-refractivity contribution in [1.82, 2.24) is 19.9 Å². The van der Waals surface area contributed by atoms with Gasteiger partial charge in [-0.05, 0) is 34.5 Å².